The number of halogens is 1. The average molecular weight is 350 g/mol. The molecule has 1 aliphatic rings. The molecule has 0 aliphatic carbocycles. The van der Waals surface area contributed by atoms with Crippen LogP contribution < -0.4 is 9.26 Å². The van der Waals surface area contributed by atoms with Crippen molar-refractivity contribution in [2.75, 3.05) is 20.8 Å². The van der Waals surface area contributed by atoms with Gasteiger partial charge in [0, 0.05) is 17.8 Å². The summed E-state index contributed by atoms with van der Waals surface area (Å²) in [6.07, 6.45) is 1.33. The van der Waals surface area contributed by atoms with Gasteiger partial charge in [-0.2, -0.15) is 5.06 Å². The maximum atomic E-state index is 12.1. The van der Waals surface area contributed by atoms with E-state index in [9.17, 15) is 9.36 Å². The molecule has 0 spiro atoms. The summed E-state index contributed by atoms with van der Waals surface area (Å²) in [5.41, 5.74) is 0. The Hall–Kier alpha value is -1.27. The standard InChI is InChI=1S/C13H17ClNO6P/c1-18-10-5-7-11(8-6-10)20-22(14,17)21-13(16)12-4-3-9-15(12)19-2/h5-8,12H,3-4,9H2,1-2H3/t12-,22?/m0/s1. The molecule has 22 heavy (non-hydrogen) atoms. The van der Waals surface area contributed by atoms with Crippen LogP contribution >= 0.6 is 18.2 Å². The van der Waals surface area contributed by atoms with Crippen molar-refractivity contribution in [3.8, 4) is 11.5 Å². The van der Waals surface area contributed by atoms with E-state index in [2.05, 4.69) is 0 Å². The Labute approximate surface area is 133 Å². The predicted octanol–water partition coefficient (Wildman–Crippen LogP) is 2.99. The number of nitrogens with zero attached hydrogens (tertiary/aromatic N) is 1. The maximum Gasteiger partial charge on any atom is 0.532 e. The molecule has 1 aliphatic heterocycles. The number of hydrogen-bond acceptors (Lipinski definition) is 7. The zero-order chi connectivity index (χ0) is 16.2. The molecule has 2 rings (SSSR count). The van der Waals surface area contributed by atoms with E-state index in [4.69, 9.17) is 29.9 Å². The maximum absolute atomic E-state index is 12.1. The second-order valence-electron chi connectivity index (χ2n) is 4.59. The normalized spacial score (nSPS) is 21.1. The van der Waals surface area contributed by atoms with Gasteiger partial charge in [0.1, 0.15) is 17.5 Å². The number of ether oxygens (including phenoxy) is 1. The zero-order valence-corrected chi connectivity index (χ0v) is 13.9. The van der Waals surface area contributed by atoms with E-state index in [1.807, 2.05) is 0 Å². The molecule has 9 heteroatoms. The number of hydroxylamine groups is 2. The van der Waals surface area contributed by atoms with Crippen molar-refractivity contribution in [2.45, 2.75) is 18.9 Å². The van der Waals surface area contributed by atoms with E-state index in [0.717, 1.165) is 6.42 Å². The summed E-state index contributed by atoms with van der Waals surface area (Å²) in [6, 6.07) is 5.61. The van der Waals surface area contributed by atoms with Crippen molar-refractivity contribution < 1.29 is 28.0 Å². The third-order valence-corrected chi connectivity index (χ3v) is 4.42. The minimum atomic E-state index is -4.08. The van der Waals surface area contributed by atoms with Gasteiger partial charge >= 0.3 is 12.9 Å². The summed E-state index contributed by atoms with van der Waals surface area (Å²) in [4.78, 5) is 17.1. The molecule has 1 aromatic rings. The fourth-order valence-corrected chi connectivity index (χ4v) is 3.33. The highest BCUT2D eigenvalue weighted by Gasteiger charge is 2.37. The highest BCUT2D eigenvalue weighted by molar-refractivity contribution is 7.82. The minimum absolute atomic E-state index is 0.210. The first kappa shape index (κ1) is 17.1. The Morgan fingerprint density at radius 2 is 1.91 bits per heavy atom. The van der Waals surface area contributed by atoms with Gasteiger partial charge in [-0.25, -0.2) is 9.36 Å². The van der Waals surface area contributed by atoms with Crippen molar-refractivity contribution in [1.82, 2.24) is 5.06 Å². The largest absolute Gasteiger partial charge is 0.532 e. The van der Waals surface area contributed by atoms with Crippen molar-refractivity contribution in [3.63, 3.8) is 0 Å². The van der Waals surface area contributed by atoms with Crippen LogP contribution in [0, 0.1) is 0 Å². The highest BCUT2D eigenvalue weighted by atomic mass is 35.7. The second kappa shape index (κ2) is 7.33. The van der Waals surface area contributed by atoms with Crippen LogP contribution in [0.3, 0.4) is 0 Å². The summed E-state index contributed by atoms with van der Waals surface area (Å²) in [7, 11) is 2.98. The van der Waals surface area contributed by atoms with Crippen molar-refractivity contribution in [1.29, 1.82) is 0 Å². The van der Waals surface area contributed by atoms with Crippen molar-refractivity contribution in [3.05, 3.63) is 24.3 Å². The third-order valence-electron chi connectivity index (χ3n) is 3.18. The smallest absolute Gasteiger partial charge is 0.497 e. The molecule has 7 nitrogen and oxygen atoms in total. The van der Waals surface area contributed by atoms with Gasteiger partial charge in [-0.05, 0) is 37.1 Å². The molecular weight excluding hydrogens is 333 g/mol. The first-order chi connectivity index (χ1) is 10.4. The van der Waals surface area contributed by atoms with E-state index in [1.54, 1.807) is 12.1 Å². The molecule has 2 atom stereocenters. The molecule has 1 unspecified atom stereocenters. The Morgan fingerprint density at radius 3 is 2.50 bits per heavy atom. The highest BCUT2D eigenvalue weighted by Crippen LogP contribution is 2.54. The van der Waals surface area contributed by atoms with Gasteiger partial charge in [-0.15, -0.1) is 0 Å². The third kappa shape index (κ3) is 4.36. The molecule has 1 saturated heterocycles. The molecule has 1 aromatic carbocycles. The lowest BCUT2D eigenvalue weighted by molar-refractivity contribution is -0.170. The first-order valence-electron chi connectivity index (χ1n) is 6.63. The van der Waals surface area contributed by atoms with Crippen LogP contribution in [0.1, 0.15) is 12.8 Å². The van der Waals surface area contributed by atoms with Gasteiger partial charge in [0.25, 0.3) is 0 Å². The predicted molar refractivity (Wildman–Crippen MR) is 79.9 cm³/mol. The quantitative estimate of drug-likeness (QED) is 0.731. The molecular formula is C13H17ClNO6P. The number of benzene rings is 1. The molecule has 0 saturated carbocycles. The van der Waals surface area contributed by atoms with Crippen molar-refractivity contribution >= 4 is 24.2 Å². The number of methoxy groups -OCH3 is 1. The second-order valence-corrected chi connectivity index (χ2v) is 7.06. The summed E-state index contributed by atoms with van der Waals surface area (Å²) < 4.78 is 27.0. The van der Waals surface area contributed by atoms with Gasteiger partial charge in [0.05, 0.1) is 14.2 Å². The first-order valence-corrected chi connectivity index (χ1v) is 9.07. The van der Waals surface area contributed by atoms with Crippen LogP contribution in [-0.2, 0) is 18.7 Å². The van der Waals surface area contributed by atoms with Crippen molar-refractivity contribution in [2.24, 2.45) is 0 Å². The summed E-state index contributed by atoms with van der Waals surface area (Å²) in [6.45, 7) is -3.48. The molecule has 122 valence electrons. The van der Waals surface area contributed by atoms with E-state index >= 15 is 0 Å². The molecule has 1 heterocycles. The van der Waals surface area contributed by atoms with Crippen LogP contribution in [-0.4, -0.2) is 37.8 Å². The van der Waals surface area contributed by atoms with Crippen LogP contribution in [0.4, 0.5) is 0 Å². The lowest BCUT2D eigenvalue weighted by Gasteiger charge is -2.21. The minimum Gasteiger partial charge on any atom is -0.497 e. The molecule has 1 fully saturated rings. The molecule has 0 N–H and O–H groups in total. The van der Waals surface area contributed by atoms with Crippen LogP contribution in [0.2, 0.25) is 0 Å². The number of rotatable bonds is 6. The lowest BCUT2D eigenvalue weighted by Crippen LogP contribution is -2.36. The number of carbonyl (C=O) groups excluding carboxylic acids is 1. The monoisotopic (exact) mass is 349 g/mol. The average Bonchev–Trinajstić information content (AvgIpc) is 2.95. The molecule has 0 bridgehead atoms. The fraction of sp³-hybridized carbons (Fsp3) is 0.462. The summed E-state index contributed by atoms with van der Waals surface area (Å²) >= 11 is 5.71. The Morgan fingerprint density at radius 1 is 1.27 bits per heavy atom. The lowest BCUT2D eigenvalue weighted by atomic mass is 10.2. The zero-order valence-electron chi connectivity index (χ0n) is 12.2. The topological polar surface area (TPSA) is 74.3 Å². The molecule has 0 aromatic heterocycles. The molecule has 0 amide bonds. The Balaban J connectivity index is 1.97. The van der Waals surface area contributed by atoms with E-state index in [1.165, 1.54) is 31.4 Å². The van der Waals surface area contributed by atoms with Crippen LogP contribution in [0.15, 0.2) is 24.3 Å². The van der Waals surface area contributed by atoms with Gasteiger partial charge < -0.3 is 18.6 Å². The number of carbonyl (C=O) groups is 1. The van der Waals surface area contributed by atoms with E-state index < -0.39 is 19.0 Å². The van der Waals surface area contributed by atoms with Gasteiger partial charge in [-0.3, -0.25) is 0 Å². The van der Waals surface area contributed by atoms with Gasteiger partial charge in [-0.1, -0.05) is 0 Å². The van der Waals surface area contributed by atoms with Crippen LogP contribution in [0.5, 0.6) is 11.5 Å². The summed E-state index contributed by atoms with van der Waals surface area (Å²) in [5, 5.41) is 1.46. The van der Waals surface area contributed by atoms with E-state index in [0.29, 0.717) is 18.7 Å². The summed E-state index contributed by atoms with van der Waals surface area (Å²) in [5.74, 6) is 0.0867. The number of hydrogen-bond donors (Lipinski definition) is 0. The Bertz CT molecular complexity index is 566. The fourth-order valence-electron chi connectivity index (χ4n) is 2.14. The van der Waals surface area contributed by atoms with E-state index in [-0.39, 0.29) is 5.75 Å². The van der Waals surface area contributed by atoms with Crippen LogP contribution in [0.25, 0.3) is 0 Å². The molecule has 0 radical (unpaired) electrons. The van der Waals surface area contributed by atoms with Gasteiger partial charge in [0.15, 0.2) is 0 Å². The van der Waals surface area contributed by atoms with Gasteiger partial charge in [0.2, 0.25) is 0 Å². The Kier molecular flexibility index (Phi) is 5.69. The SMILES string of the molecule is COc1ccc(OP(=O)(Cl)OC(=O)[C@@H]2CCCN2OC)cc1.